The summed E-state index contributed by atoms with van der Waals surface area (Å²) in [6.07, 6.45) is 0. The Morgan fingerprint density at radius 1 is 1.64 bits per heavy atom. The Morgan fingerprint density at radius 3 is 2.91 bits per heavy atom. The summed E-state index contributed by atoms with van der Waals surface area (Å²) in [6.45, 7) is -0.0624. The number of rotatable bonds is 2. The van der Waals surface area contributed by atoms with Gasteiger partial charge in [0.25, 0.3) is 0 Å². The number of nitrogens with zero attached hydrogens (tertiary/aromatic N) is 1. The van der Waals surface area contributed by atoms with E-state index in [1.807, 2.05) is 18.2 Å². The molecule has 0 spiro atoms. The van der Waals surface area contributed by atoms with Crippen molar-refractivity contribution in [1.29, 1.82) is 0 Å². The van der Waals surface area contributed by atoms with Gasteiger partial charge in [0.1, 0.15) is 3.70 Å². The van der Waals surface area contributed by atoms with E-state index in [0.717, 1.165) is 9.39 Å². The highest BCUT2D eigenvalue weighted by Gasteiger charge is 2.04. The van der Waals surface area contributed by atoms with E-state index in [1.54, 1.807) is 0 Å². The Bertz CT molecular complexity index is 242. The van der Waals surface area contributed by atoms with Crippen molar-refractivity contribution < 1.29 is 5.11 Å². The van der Waals surface area contributed by atoms with Crippen molar-refractivity contribution in [2.24, 2.45) is 5.73 Å². The fraction of sp³-hybridized carbons (Fsp3) is 0.286. The normalized spacial score (nSPS) is 13.0. The zero-order chi connectivity index (χ0) is 8.27. The van der Waals surface area contributed by atoms with Crippen molar-refractivity contribution in [3.63, 3.8) is 0 Å². The molecule has 0 saturated heterocycles. The highest BCUT2D eigenvalue weighted by molar-refractivity contribution is 14.1. The van der Waals surface area contributed by atoms with Gasteiger partial charge in [-0.15, -0.1) is 0 Å². The Hall–Kier alpha value is -0.200. The van der Waals surface area contributed by atoms with E-state index >= 15 is 0 Å². The van der Waals surface area contributed by atoms with E-state index < -0.39 is 0 Å². The van der Waals surface area contributed by atoms with Gasteiger partial charge < -0.3 is 10.8 Å². The van der Waals surface area contributed by atoms with Crippen LogP contribution in [0.5, 0.6) is 0 Å². The van der Waals surface area contributed by atoms with E-state index in [0.29, 0.717) is 0 Å². The summed E-state index contributed by atoms with van der Waals surface area (Å²) in [6, 6.07) is 5.21. The molecule has 0 amide bonds. The van der Waals surface area contributed by atoms with Crippen LogP contribution in [0, 0.1) is 3.70 Å². The molecule has 1 atom stereocenters. The van der Waals surface area contributed by atoms with Crippen LogP contribution in [-0.4, -0.2) is 16.7 Å². The van der Waals surface area contributed by atoms with Crippen molar-refractivity contribution in [2.75, 3.05) is 6.61 Å². The average Bonchev–Trinajstić information content (AvgIpc) is 2.03. The summed E-state index contributed by atoms with van der Waals surface area (Å²) in [5.41, 5.74) is 6.28. The van der Waals surface area contributed by atoms with Crippen LogP contribution >= 0.6 is 22.6 Å². The first-order chi connectivity index (χ1) is 5.24. The molecule has 1 aromatic rings. The molecule has 1 heterocycles. The molecular formula is C7H9IN2O. The van der Waals surface area contributed by atoms with Crippen LogP contribution in [0.15, 0.2) is 18.2 Å². The van der Waals surface area contributed by atoms with Gasteiger partial charge in [0, 0.05) is 0 Å². The molecule has 0 saturated carbocycles. The third-order valence-corrected chi connectivity index (χ3v) is 1.91. The zero-order valence-corrected chi connectivity index (χ0v) is 8.02. The quantitative estimate of drug-likeness (QED) is 0.610. The van der Waals surface area contributed by atoms with Gasteiger partial charge in [0.2, 0.25) is 0 Å². The van der Waals surface area contributed by atoms with E-state index in [4.69, 9.17) is 10.8 Å². The third-order valence-electron chi connectivity index (χ3n) is 1.31. The van der Waals surface area contributed by atoms with E-state index in [1.165, 1.54) is 0 Å². The molecule has 1 rings (SSSR count). The smallest absolute Gasteiger partial charge is 0.101 e. The van der Waals surface area contributed by atoms with E-state index in [9.17, 15) is 0 Å². The van der Waals surface area contributed by atoms with Gasteiger partial charge in [-0.3, -0.25) is 0 Å². The fourth-order valence-corrected chi connectivity index (χ4v) is 1.21. The van der Waals surface area contributed by atoms with Crippen molar-refractivity contribution in [2.45, 2.75) is 6.04 Å². The molecule has 4 heteroatoms. The molecule has 0 aromatic carbocycles. The van der Waals surface area contributed by atoms with Crippen LogP contribution in [-0.2, 0) is 0 Å². The van der Waals surface area contributed by atoms with Crippen LogP contribution < -0.4 is 5.73 Å². The summed E-state index contributed by atoms with van der Waals surface area (Å²) in [5.74, 6) is 0. The lowest BCUT2D eigenvalue weighted by atomic mass is 10.2. The zero-order valence-electron chi connectivity index (χ0n) is 5.87. The van der Waals surface area contributed by atoms with Crippen LogP contribution in [0.1, 0.15) is 11.7 Å². The average molecular weight is 264 g/mol. The Kier molecular flexibility index (Phi) is 3.22. The Morgan fingerprint density at radius 2 is 2.36 bits per heavy atom. The minimum absolute atomic E-state index is 0.0624. The largest absolute Gasteiger partial charge is 0.394 e. The minimum atomic E-state index is -0.357. The van der Waals surface area contributed by atoms with Crippen molar-refractivity contribution in [3.8, 4) is 0 Å². The molecule has 0 fully saturated rings. The van der Waals surface area contributed by atoms with Crippen LogP contribution in [0.25, 0.3) is 0 Å². The van der Waals surface area contributed by atoms with Gasteiger partial charge in [0.15, 0.2) is 0 Å². The molecule has 0 radical (unpaired) electrons. The molecule has 0 aliphatic heterocycles. The number of hydrogen-bond acceptors (Lipinski definition) is 3. The number of hydrogen-bond donors (Lipinski definition) is 2. The molecule has 60 valence electrons. The predicted octanol–water partition coefficient (Wildman–Crippen LogP) is 0.678. The molecule has 0 unspecified atom stereocenters. The Balaban J connectivity index is 2.86. The lowest BCUT2D eigenvalue weighted by Crippen LogP contribution is -2.16. The maximum Gasteiger partial charge on any atom is 0.101 e. The summed E-state index contributed by atoms with van der Waals surface area (Å²) in [5, 5.41) is 8.71. The van der Waals surface area contributed by atoms with E-state index in [-0.39, 0.29) is 12.6 Å². The summed E-state index contributed by atoms with van der Waals surface area (Å²) in [7, 11) is 0. The van der Waals surface area contributed by atoms with Gasteiger partial charge in [-0.25, -0.2) is 4.98 Å². The first-order valence-electron chi connectivity index (χ1n) is 3.23. The molecule has 11 heavy (non-hydrogen) atoms. The van der Waals surface area contributed by atoms with Crippen LogP contribution in [0.2, 0.25) is 0 Å². The highest BCUT2D eigenvalue weighted by atomic mass is 127. The van der Waals surface area contributed by atoms with Crippen LogP contribution in [0.3, 0.4) is 0 Å². The van der Waals surface area contributed by atoms with E-state index in [2.05, 4.69) is 27.6 Å². The van der Waals surface area contributed by atoms with Gasteiger partial charge in [-0.1, -0.05) is 6.07 Å². The Labute approximate surface area is 78.8 Å². The second-order valence-corrected chi connectivity index (χ2v) is 3.28. The minimum Gasteiger partial charge on any atom is -0.394 e. The monoisotopic (exact) mass is 264 g/mol. The second kappa shape index (κ2) is 3.99. The molecule has 0 bridgehead atoms. The molecular weight excluding hydrogens is 255 g/mol. The van der Waals surface area contributed by atoms with Crippen molar-refractivity contribution >= 4 is 22.6 Å². The molecule has 0 aliphatic carbocycles. The maximum absolute atomic E-state index is 8.71. The highest BCUT2D eigenvalue weighted by Crippen LogP contribution is 2.08. The maximum atomic E-state index is 8.71. The lowest BCUT2D eigenvalue weighted by Gasteiger charge is -2.06. The topological polar surface area (TPSA) is 59.1 Å². The first kappa shape index (κ1) is 8.89. The number of pyridine rings is 1. The summed E-state index contributed by atoms with van der Waals surface area (Å²) < 4.78 is 0.893. The number of aromatic nitrogens is 1. The van der Waals surface area contributed by atoms with Gasteiger partial charge in [0.05, 0.1) is 18.3 Å². The number of aliphatic hydroxyl groups excluding tert-OH is 1. The summed E-state index contributed by atoms with van der Waals surface area (Å²) in [4.78, 5) is 4.15. The standard InChI is InChI=1S/C7H9IN2O/c8-7-3-1-2-6(10-7)5(9)4-11/h1-3,5,11H,4,9H2/t5-/m0/s1. The second-order valence-electron chi connectivity index (χ2n) is 2.17. The SMILES string of the molecule is N[C@@H](CO)c1cccc(I)n1. The van der Waals surface area contributed by atoms with Crippen LogP contribution in [0.4, 0.5) is 0 Å². The van der Waals surface area contributed by atoms with Gasteiger partial charge in [-0.05, 0) is 34.7 Å². The number of nitrogens with two attached hydrogens (primary N) is 1. The van der Waals surface area contributed by atoms with Crippen molar-refractivity contribution in [3.05, 3.63) is 27.6 Å². The molecule has 1 aromatic heterocycles. The van der Waals surface area contributed by atoms with Gasteiger partial charge >= 0.3 is 0 Å². The lowest BCUT2D eigenvalue weighted by molar-refractivity contribution is 0.266. The first-order valence-corrected chi connectivity index (χ1v) is 4.31. The van der Waals surface area contributed by atoms with Gasteiger partial charge in [-0.2, -0.15) is 0 Å². The summed E-state index contributed by atoms with van der Waals surface area (Å²) >= 11 is 2.11. The predicted molar refractivity (Wildman–Crippen MR) is 51.0 cm³/mol. The molecule has 3 nitrogen and oxygen atoms in total. The fourth-order valence-electron chi connectivity index (χ4n) is 0.724. The molecule has 3 N–H and O–H groups in total. The number of halogens is 1. The number of aliphatic hydroxyl groups is 1. The third kappa shape index (κ3) is 2.39. The van der Waals surface area contributed by atoms with Crippen molar-refractivity contribution in [1.82, 2.24) is 4.98 Å². The molecule has 0 aliphatic rings.